The third kappa shape index (κ3) is 3.94. The monoisotopic (exact) mass is 301 g/mol. The van der Waals surface area contributed by atoms with Crippen LogP contribution in [0.2, 0.25) is 5.02 Å². The van der Waals surface area contributed by atoms with E-state index >= 15 is 0 Å². The summed E-state index contributed by atoms with van der Waals surface area (Å²) in [6, 6.07) is 0. The van der Waals surface area contributed by atoms with Crippen LogP contribution in [0.3, 0.4) is 0 Å². The Labute approximate surface area is 122 Å². The molecule has 1 saturated heterocycles. The number of amides is 1. The quantitative estimate of drug-likeness (QED) is 0.856. The van der Waals surface area contributed by atoms with Gasteiger partial charge >= 0.3 is 0 Å². The van der Waals surface area contributed by atoms with Gasteiger partial charge in [-0.1, -0.05) is 11.6 Å². The molecule has 1 aromatic heterocycles. The summed E-state index contributed by atoms with van der Waals surface area (Å²) in [6.45, 7) is 1.35. The molecular weight excluding hydrogens is 282 g/mol. The van der Waals surface area contributed by atoms with Gasteiger partial charge in [0, 0.05) is 32.3 Å². The van der Waals surface area contributed by atoms with Crippen molar-refractivity contribution >= 4 is 17.5 Å². The first-order valence-electron chi connectivity index (χ1n) is 6.81. The van der Waals surface area contributed by atoms with E-state index in [1.54, 1.807) is 22.0 Å². The lowest BCUT2D eigenvalue weighted by atomic mass is 9.96. The van der Waals surface area contributed by atoms with Crippen molar-refractivity contribution in [2.45, 2.75) is 37.8 Å². The number of aliphatic hydroxyl groups is 2. The maximum Gasteiger partial charge on any atom is 0.224 e. The standard InChI is InChI=1S/C13H20ClN3O3/c14-11-8-15-17(9-11)6-2-12(19)16-5-1-3-13(20,10-18)4-7-16/h8-9,18,20H,1-7,10H2. The van der Waals surface area contributed by atoms with Crippen molar-refractivity contribution in [1.29, 1.82) is 0 Å². The number of hydrogen-bond donors (Lipinski definition) is 2. The summed E-state index contributed by atoms with van der Waals surface area (Å²) in [5.74, 6) is 0.0406. The van der Waals surface area contributed by atoms with Crippen molar-refractivity contribution in [3.8, 4) is 0 Å². The number of nitrogens with zero attached hydrogens (tertiary/aromatic N) is 3. The van der Waals surface area contributed by atoms with Gasteiger partial charge in [0.25, 0.3) is 0 Å². The predicted octanol–water partition coefficient (Wildman–Crippen LogP) is 0.663. The number of halogens is 1. The molecule has 0 saturated carbocycles. The Morgan fingerprint density at radius 2 is 2.25 bits per heavy atom. The molecule has 1 aromatic rings. The van der Waals surface area contributed by atoms with E-state index in [4.69, 9.17) is 11.6 Å². The van der Waals surface area contributed by atoms with Crippen LogP contribution >= 0.6 is 11.6 Å². The van der Waals surface area contributed by atoms with E-state index in [0.717, 1.165) is 0 Å². The molecule has 20 heavy (non-hydrogen) atoms. The summed E-state index contributed by atoms with van der Waals surface area (Å²) < 4.78 is 1.64. The minimum Gasteiger partial charge on any atom is -0.393 e. The van der Waals surface area contributed by atoms with Gasteiger partial charge in [-0.2, -0.15) is 5.10 Å². The normalized spacial score (nSPS) is 23.6. The van der Waals surface area contributed by atoms with E-state index < -0.39 is 5.60 Å². The highest BCUT2D eigenvalue weighted by Crippen LogP contribution is 2.22. The van der Waals surface area contributed by atoms with Crippen molar-refractivity contribution in [2.75, 3.05) is 19.7 Å². The van der Waals surface area contributed by atoms with Crippen molar-refractivity contribution in [2.24, 2.45) is 0 Å². The van der Waals surface area contributed by atoms with E-state index in [-0.39, 0.29) is 12.5 Å². The number of rotatable bonds is 4. The Hall–Kier alpha value is -1.11. The lowest BCUT2D eigenvalue weighted by molar-refractivity contribution is -0.131. The molecule has 1 aliphatic heterocycles. The first kappa shape index (κ1) is 15.3. The van der Waals surface area contributed by atoms with Crippen LogP contribution in [0.1, 0.15) is 25.7 Å². The van der Waals surface area contributed by atoms with Gasteiger partial charge in [-0.3, -0.25) is 9.48 Å². The van der Waals surface area contributed by atoms with Crippen LogP contribution in [-0.4, -0.2) is 56.1 Å². The lowest BCUT2D eigenvalue weighted by Crippen LogP contribution is -2.36. The van der Waals surface area contributed by atoms with Crippen LogP contribution in [0.15, 0.2) is 12.4 Å². The Bertz CT molecular complexity index is 465. The Balaban J connectivity index is 1.83. The zero-order valence-electron chi connectivity index (χ0n) is 11.3. The van der Waals surface area contributed by atoms with Crippen LogP contribution in [0.4, 0.5) is 0 Å². The second kappa shape index (κ2) is 6.56. The number of aromatic nitrogens is 2. The number of carbonyl (C=O) groups excluding carboxylic acids is 1. The molecule has 0 aromatic carbocycles. The smallest absolute Gasteiger partial charge is 0.224 e. The molecular formula is C13H20ClN3O3. The largest absolute Gasteiger partial charge is 0.393 e. The summed E-state index contributed by atoms with van der Waals surface area (Å²) in [5.41, 5.74) is -1.04. The van der Waals surface area contributed by atoms with Crippen molar-refractivity contribution in [1.82, 2.24) is 14.7 Å². The van der Waals surface area contributed by atoms with Gasteiger partial charge in [0.1, 0.15) is 0 Å². The molecule has 1 unspecified atom stereocenters. The second-order valence-corrected chi connectivity index (χ2v) is 5.72. The van der Waals surface area contributed by atoms with Gasteiger partial charge in [0.2, 0.25) is 5.91 Å². The Morgan fingerprint density at radius 3 is 2.90 bits per heavy atom. The maximum atomic E-state index is 12.1. The van der Waals surface area contributed by atoms with Crippen molar-refractivity contribution in [3.63, 3.8) is 0 Å². The molecule has 0 radical (unpaired) electrons. The third-order valence-corrected chi connectivity index (χ3v) is 3.92. The molecule has 1 aliphatic rings. The summed E-state index contributed by atoms with van der Waals surface area (Å²) in [7, 11) is 0. The topological polar surface area (TPSA) is 78.6 Å². The van der Waals surface area contributed by atoms with E-state index in [1.807, 2.05) is 0 Å². The molecule has 112 valence electrons. The molecule has 1 atom stereocenters. The zero-order chi connectivity index (χ0) is 14.6. The van der Waals surface area contributed by atoms with Gasteiger partial charge in [0.05, 0.1) is 23.4 Å². The van der Waals surface area contributed by atoms with Crippen molar-refractivity contribution < 1.29 is 15.0 Å². The molecule has 0 bridgehead atoms. The molecule has 0 spiro atoms. The SMILES string of the molecule is O=C(CCn1cc(Cl)cn1)N1CCCC(O)(CO)CC1. The van der Waals surface area contributed by atoms with Crippen LogP contribution < -0.4 is 0 Å². The van der Waals surface area contributed by atoms with Crippen molar-refractivity contribution in [3.05, 3.63) is 17.4 Å². The molecule has 2 heterocycles. The summed E-state index contributed by atoms with van der Waals surface area (Å²) in [5, 5.41) is 23.8. The summed E-state index contributed by atoms with van der Waals surface area (Å²) in [4.78, 5) is 13.9. The average Bonchev–Trinajstić information content (AvgIpc) is 2.74. The lowest BCUT2D eigenvalue weighted by Gasteiger charge is -2.24. The van der Waals surface area contributed by atoms with Gasteiger partial charge in [-0.05, 0) is 19.3 Å². The number of aliphatic hydroxyl groups excluding tert-OH is 1. The van der Waals surface area contributed by atoms with Crippen LogP contribution in [0.5, 0.6) is 0 Å². The van der Waals surface area contributed by atoms with Crippen LogP contribution in [0.25, 0.3) is 0 Å². The number of carbonyl (C=O) groups is 1. The maximum absolute atomic E-state index is 12.1. The minimum atomic E-state index is -1.04. The van der Waals surface area contributed by atoms with E-state index in [1.165, 1.54) is 0 Å². The first-order chi connectivity index (χ1) is 9.52. The number of aryl methyl sites for hydroxylation is 1. The Morgan fingerprint density at radius 1 is 1.45 bits per heavy atom. The first-order valence-corrected chi connectivity index (χ1v) is 7.19. The fourth-order valence-electron chi connectivity index (χ4n) is 2.42. The molecule has 1 fully saturated rings. The number of likely N-dealkylation sites (tertiary alicyclic amines) is 1. The highest BCUT2D eigenvalue weighted by atomic mass is 35.5. The van der Waals surface area contributed by atoms with Crippen LogP contribution in [0, 0.1) is 0 Å². The van der Waals surface area contributed by atoms with E-state index in [0.29, 0.717) is 50.3 Å². The Kier molecular flexibility index (Phi) is 5.01. The molecule has 6 nitrogen and oxygen atoms in total. The zero-order valence-corrected chi connectivity index (χ0v) is 12.1. The van der Waals surface area contributed by atoms with E-state index in [2.05, 4.69) is 5.10 Å². The highest BCUT2D eigenvalue weighted by molar-refractivity contribution is 6.30. The summed E-state index contributed by atoms with van der Waals surface area (Å²) >= 11 is 5.76. The van der Waals surface area contributed by atoms with Gasteiger partial charge in [-0.15, -0.1) is 0 Å². The molecule has 2 rings (SSSR count). The molecule has 7 heteroatoms. The average molecular weight is 302 g/mol. The molecule has 0 aliphatic carbocycles. The highest BCUT2D eigenvalue weighted by Gasteiger charge is 2.30. The third-order valence-electron chi connectivity index (χ3n) is 3.72. The van der Waals surface area contributed by atoms with Gasteiger partial charge in [-0.25, -0.2) is 0 Å². The fraction of sp³-hybridized carbons (Fsp3) is 0.692. The predicted molar refractivity (Wildman–Crippen MR) is 74.3 cm³/mol. The van der Waals surface area contributed by atoms with Gasteiger partial charge in [0.15, 0.2) is 0 Å². The molecule has 2 N–H and O–H groups in total. The van der Waals surface area contributed by atoms with Gasteiger partial charge < -0.3 is 15.1 Å². The minimum absolute atomic E-state index is 0.0406. The summed E-state index contributed by atoms with van der Waals surface area (Å²) in [6.07, 6.45) is 5.23. The fourth-order valence-corrected chi connectivity index (χ4v) is 2.57. The second-order valence-electron chi connectivity index (χ2n) is 5.29. The number of hydrogen-bond acceptors (Lipinski definition) is 4. The van der Waals surface area contributed by atoms with Crippen LogP contribution in [-0.2, 0) is 11.3 Å². The molecule has 1 amide bonds. The van der Waals surface area contributed by atoms with E-state index in [9.17, 15) is 15.0 Å².